The Morgan fingerprint density at radius 1 is 1.13 bits per heavy atom. The number of hydrogen-bond acceptors (Lipinski definition) is 4. The van der Waals surface area contributed by atoms with Crippen molar-refractivity contribution in [3.05, 3.63) is 57.7 Å². The number of hydrogen-bond donors (Lipinski definition) is 0. The van der Waals surface area contributed by atoms with Crippen LogP contribution in [0.1, 0.15) is 18.9 Å². The van der Waals surface area contributed by atoms with Crippen molar-refractivity contribution in [3.63, 3.8) is 0 Å². The fraction of sp³-hybridized carbons (Fsp3) is 0.278. The minimum absolute atomic E-state index is 0.0523. The van der Waals surface area contributed by atoms with E-state index in [0.717, 1.165) is 28.0 Å². The van der Waals surface area contributed by atoms with Crippen LogP contribution < -0.4 is 14.3 Å². The lowest BCUT2D eigenvalue weighted by Crippen LogP contribution is -2.13. The third kappa shape index (κ3) is 3.24. The number of nitrogens with zero attached hydrogens (tertiary/aromatic N) is 1. The first kappa shape index (κ1) is 15.6. The number of benzene rings is 2. The van der Waals surface area contributed by atoms with Crippen LogP contribution in [0, 0.1) is 0 Å². The first-order chi connectivity index (χ1) is 11.2. The lowest BCUT2D eigenvalue weighted by Gasteiger charge is -2.12. The second-order valence-corrected chi connectivity index (χ2v) is 6.25. The Hall–Kier alpha value is -2.27. The lowest BCUT2D eigenvalue weighted by molar-refractivity contribution is 0.294. The quantitative estimate of drug-likeness (QED) is 0.688. The summed E-state index contributed by atoms with van der Waals surface area (Å²) in [6.45, 7) is 3.24. The molecule has 0 aliphatic rings. The Morgan fingerprint density at radius 2 is 1.96 bits per heavy atom. The van der Waals surface area contributed by atoms with Gasteiger partial charge in [-0.05, 0) is 36.2 Å². The predicted molar refractivity (Wildman–Crippen MR) is 94.0 cm³/mol. The summed E-state index contributed by atoms with van der Waals surface area (Å²) in [4.78, 5) is 12.3. The molecule has 23 heavy (non-hydrogen) atoms. The molecule has 0 saturated carbocycles. The average molecular weight is 329 g/mol. The summed E-state index contributed by atoms with van der Waals surface area (Å²) >= 11 is 1.27. The van der Waals surface area contributed by atoms with Gasteiger partial charge in [0.15, 0.2) is 11.5 Å². The van der Waals surface area contributed by atoms with E-state index in [1.807, 2.05) is 42.5 Å². The van der Waals surface area contributed by atoms with Gasteiger partial charge in [0, 0.05) is 0 Å². The molecule has 0 aliphatic carbocycles. The highest BCUT2D eigenvalue weighted by Crippen LogP contribution is 2.29. The molecule has 0 saturated heterocycles. The van der Waals surface area contributed by atoms with Crippen LogP contribution in [0.5, 0.6) is 11.5 Å². The fourth-order valence-electron chi connectivity index (χ4n) is 2.49. The van der Waals surface area contributed by atoms with Crippen molar-refractivity contribution >= 4 is 21.6 Å². The number of thiazole rings is 1. The van der Waals surface area contributed by atoms with Gasteiger partial charge in [0.1, 0.15) is 0 Å². The van der Waals surface area contributed by atoms with Gasteiger partial charge in [-0.2, -0.15) is 0 Å². The molecule has 4 nitrogen and oxygen atoms in total. The normalized spacial score (nSPS) is 10.9. The maximum Gasteiger partial charge on any atom is 0.308 e. The molecular weight excluding hydrogens is 310 g/mol. The molecular formula is C18H19NO3S. The molecule has 5 heteroatoms. The Bertz CT molecular complexity index is 866. The van der Waals surface area contributed by atoms with Crippen LogP contribution in [0.15, 0.2) is 47.3 Å². The van der Waals surface area contributed by atoms with Gasteiger partial charge in [-0.1, -0.05) is 36.5 Å². The zero-order chi connectivity index (χ0) is 16.2. The van der Waals surface area contributed by atoms with Crippen molar-refractivity contribution in [2.24, 2.45) is 0 Å². The monoisotopic (exact) mass is 329 g/mol. The van der Waals surface area contributed by atoms with Gasteiger partial charge < -0.3 is 9.47 Å². The molecule has 0 amide bonds. The molecule has 0 spiro atoms. The summed E-state index contributed by atoms with van der Waals surface area (Å²) < 4.78 is 13.9. The smallest absolute Gasteiger partial charge is 0.308 e. The molecule has 0 aliphatic heterocycles. The Kier molecular flexibility index (Phi) is 4.67. The average Bonchev–Trinajstić information content (AvgIpc) is 2.89. The summed E-state index contributed by atoms with van der Waals surface area (Å²) in [5.74, 6) is 1.43. The van der Waals surface area contributed by atoms with E-state index in [-0.39, 0.29) is 4.87 Å². The van der Waals surface area contributed by atoms with E-state index in [2.05, 4.69) is 6.92 Å². The topological polar surface area (TPSA) is 40.5 Å². The van der Waals surface area contributed by atoms with Gasteiger partial charge in [-0.15, -0.1) is 0 Å². The zero-order valence-corrected chi connectivity index (χ0v) is 14.1. The molecule has 2 aromatic carbocycles. The number of para-hydroxylation sites is 1. The summed E-state index contributed by atoms with van der Waals surface area (Å²) in [7, 11) is 1.63. The van der Waals surface area contributed by atoms with E-state index in [0.29, 0.717) is 18.9 Å². The van der Waals surface area contributed by atoms with Crippen LogP contribution in [-0.4, -0.2) is 18.3 Å². The van der Waals surface area contributed by atoms with Gasteiger partial charge in [0.05, 0.1) is 30.5 Å². The Labute approximate surface area is 138 Å². The van der Waals surface area contributed by atoms with E-state index in [1.165, 1.54) is 11.3 Å². The minimum atomic E-state index is 0.0523. The molecule has 0 fully saturated rings. The van der Waals surface area contributed by atoms with Gasteiger partial charge in [0.2, 0.25) is 0 Å². The third-order valence-corrected chi connectivity index (χ3v) is 4.56. The standard InChI is InChI=1S/C18H19NO3S/c1-3-10-22-15-9-8-13(11-16(15)21-2)12-19-14-6-4-5-7-17(14)23-18(19)20/h4-9,11H,3,10,12H2,1-2H3. The molecule has 0 radical (unpaired) electrons. The van der Waals surface area contributed by atoms with E-state index in [1.54, 1.807) is 11.7 Å². The van der Waals surface area contributed by atoms with Crippen LogP contribution in [0.4, 0.5) is 0 Å². The van der Waals surface area contributed by atoms with Crippen molar-refractivity contribution in [2.75, 3.05) is 13.7 Å². The molecule has 0 bridgehead atoms. The third-order valence-electron chi connectivity index (χ3n) is 3.60. The molecule has 1 aromatic heterocycles. The van der Waals surface area contributed by atoms with Gasteiger partial charge in [-0.25, -0.2) is 0 Å². The largest absolute Gasteiger partial charge is 0.493 e. The van der Waals surface area contributed by atoms with E-state index >= 15 is 0 Å². The van der Waals surface area contributed by atoms with Crippen molar-refractivity contribution in [1.29, 1.82) is 0 Å². The number of ether oxygens (including phenoxy) is 2. The van der Waals surface area contributed by atoms with Crippen LogP contribution >= 0.6 is 11.3 Å². The van der Waals surface area contributed by atoms with E-state index < -0.39 is 0 Å². The van der Waals surface area contributed by atoms with Gasteiger partial charge in [0.25, 0.3) is 0 Å². The highest BCUT2D eigenvalue weighted by molar-refractivity contribution is 7.16. The molecule has 0 unspecified atom stereocenters. The maximum absolute atomic E-state index is 12.2. The predicted octanol–water partition coefficient (Wildman–Crippen LogP) is 3.91. The van der Waals surface area contributed by atoms with Crippen LogP contribution in [0.2, 0.25) is 0 Å². The number of fused-ring (bicyclic) bond motifs is 1. The maximum atomic E-state index is 12.2. The van der Waals surface area contributed by atoms with Crippen molar-refractivity contribution < 1.29 is 9.47 Å². The van der Waals surface area contributed by atoms with E-state index in [4.69, 9.17) is 9.47 Å². The van der Waals surface area contributed by atoms with Crippen LogP contribution in [-0.2, 0) is 6.54 Å². The molecule has 3 rings (SSSR count). The van der Waals surface area contributed by atoms with Crippen molar-refractivity contribution in [1.82, 2.24) is 4.57 Å². The Morgan fingerprint density at radius 3 is 2.74 bits per heavy atom. The summed E-state index contributed by atoms with van der Waals surface area (Å²) in [6.07, 6.45) is 0.946. The SMILES string of the molecule is CCCOc1ccc(Cn2c(=O)sc3ccccc32)cc1OC. The van der Waals surface area contributed by atoms with E-state index in [9.17, 15) is 4.79 Å². The first-order valence-corrected chi connectivity index (χ1v) is 8.42. The Balaban J connectivity index is 1.93. The molecule has 3 aromatic rings. The molecule has 0 N–H and O–H groups in total. The van der Waals surface area contributed by atoms with Gasteiger partial charge in [-0.3, -0.25) is 9.36 Å². The summed E-state index contributed by atoms with van der Waals surface area (Å²) in [5.41, 5.74) is 1.98. The highest BCUT2D eigenvalue weighted by atomic mass is 32.1. The second kappa shape index (κ2) is 6.87. The molecule has 0 atom stereocenters. The summed E-state index contributed by atoms with van der Waals surface area (Å²) in [6, 6.07) is 13.7. The molecule has 1 heterocycles. The highest BCUT2D eigenvalue weighted by Gasteiger charge is 2.10. The van der Waals surface area contributed by atoms with Crippen LogP contribution in [0.3, 0.4) is 0 Å². The fourth-order valence-corrected chi connectivity index (χ4v) is 3.38. The van der Waals surface area contributed by atoms with Crippen LogP contribution in [0.25, 0.3) is 10.2 Å². The first-order valence-electron chi connectivity index (χ1n) is 7.61. The second-order valence-electron chi connectivity index (χ2n) is 5.26. The number of aromatic nitrogens is 1. The van der Waals surface area contributed by atoms with Gasteiger partial charge >= 0.3 is 4.87 Å². The zero-order valence-electron chi connectivity index (χ0n) is 13.2. The number of rotatable bonds is 6. The molecule has 120 valence electrons. The lowest BCUT2D eigenvalue weighted by atomic mass is 10.2. The number of methoxy groups -OCH3 is 1. The minimum Gasteiger partial charge on any atom is -0.493 e. The van der Waals surface area contributed by atoms with Crippen molar-refractivity contribution in [2.45, 2.75) is 19.9 Å². The van der Waals surface area contributed by atoms with Crippen molar-refractivity contribution in [3.8, 4) is 11.5 Å². The summed E-state index contributed by atoms with van der Waals surface area (Å²) in [5, 5.41) is 0.